The van der Waals surface area contributed by atoms with Gasteiger partial charge in [-0.15, -0.1) is 0 Å². The molecule has 7 heteroatoms. The van der Waals surface area contributed by atoms with Gasteiger partial charge in [0.05, 0.1) is 0 Å². The molecule has 2 heterocycles. The monoisotopic (exact) mass is 222 g/mol. The van der Waals surface area contributed by atoms with Crippen LogP contribution in [-0.4, -0.2) is 10.1 Å². The second-order valence-electron chi connectivity index (χ2n) is 2.14. The summed E-state index contributed by atoms with van der Waals surface area (Å²) in [6.45, 7) is 1.88. The zero-order chi connectivity index (χ0) is 7.84. The Morgan fingerprint density at radius 2 is 2.50 bits per heavy atom. The summed E-state index contributed by atoms with van der Waals surface area (Å²) in [5.41, 5.74) is 0. The van der Waals surface area contributed by atoms with Crippen LogP contribution in [0, 0.1) is 6.92 Å². The molecular weight excluding hydrogens is 217 g/mol. The van der Waals surface area contributed by atoms with Gasteiger partial charge < -0.3 is 12.4 Å². The second-order valence-corrected chi connectivity index (χ2v) is 5.18. The molecule has 2 rings (SSSR count). The summed E-state index contributed by atoms with van der Waals surface area (Å²) in [5.74, 6) is 0.852. The van der Waals surface area contributed by atoms with Crippen LogP contribution in [0.2, 0.25) is 0 Å². The van der Waals surface area contributed by atoms with Gasteiger partial charge in [-0.25, -0.2) is 0 Å². The Bertz CT molecular complexity index is 459. The molecule has 0 aromatic carbocycles. The third-order valence-corrected chi connectivity index (χ3v) is 3.90. The topological polar surface area (TPSA) is 49.6 Å². The van der Waals surface area contributed by atoms with E-state index in [1.165, 1.54) is 0 Å². The Hall–Kier alpha value is -0.250. The minimum atomic E-state index is -0.332. The summed E-state index contributed by atoms with van der Waals surface area (Å²) in [6.07, 6.45) is 1.85. The number of nitrogens with one attached hydrogen (secondary N) is 1. The van der Waals surface area contributed by atoms with Crippen molar-refractivity contribution in [3.63, 3.8) is 0 Å². The molecule has 1 N–H and O–H groups in total. The molecule has 1 aliphatic heterocycles. The molecule has 0 aliphatic carbocycles. The molecule has 0 atom stereocenters. The Morgan fingerprint density at radius 3 is 3.17 bits per heavy atom. The van der Waals surface area contributed by atoms with E-state index in [0.717, 1.165) is 11.0 Å². The zero-order valence-electron chi connectivity index (χ0n) is 6.19. The zero-order valence-corrected chi connectivity index (χ0v) is 8.66. The molecule has 0 spiro atoms. The van der Waals surface area contributed by atoms with Crippen LogP contribution in [-0.2, 0) is 14.4 Å². The van der Waals surface area contributed by atoms with Crippen molar-refractivity contribution in [3.8, 4) is 0 Å². The Labute approximate surface area is 78.5 Å². The number of fused-ring (bicyclic) bond motifs is 1. The first-order valence-corrected chi connectivity index (χ1v) is 5.75. The van der Waals surface area contributed by atoms with Gasteiger partial charge in [-0.05, 0) is 0 Å². The van der Waals surface area contributed by atoms with Crippen molar-refractivity contribution in [2.75, 3.05) is 0 Å². The Kier molecular flexibility index (Phi) is 2.99. The predicted molar refractivity (Wildman–Crippen MR) is 42.1 cm³/mol. The number of nitrogens with zero attached hydrogens (tertiary/aromatic N) is 2. The summed E-state index contributed by atoms with van der Waals surface area (Å²) in [4.78, 5) is 4.19. The van der Waals surface area contributed by atoms with Crippen LogP contribution in [0.5, 0.6) is 0 Å². The van der Waals surface area contributed by atoms with Gasteiger partial charge in [0.25, 0.3) is 0 Å². The molecule has 0 radical (unpaired) electrons. The fourth-order valence-corrected chi connectivity index (χ4v) is 2.84. The van der Waals surface area contributed by atoms with Crippen molar-refractivity contribution in [1.82, 2.24) is 10.1 Å². The number of H-pyrrole nitrogens is 1. The van der Waals surface area contributed by atoms with Gasteiger partial charge in [0, 0.05) is 0 Å². The van der Waals surface area contributed by atoms with Crippen molar-refractivity contribution >= 4 is 23.1 Å². The molecule has 0 unspecified atom stereocenters. The summed E-state index contributed by atoms with van der Waals surface area (Å²) in [6, 6.07) is 0. The van der Waals surface area contributed by atoms with E-state index in [1.54, 1.807) is 4.68 Å². The van der Waals surface area contributed by atoms with E-state index >= 15 is 0 Å². The van der Waals surface area contributed by atoms with E-state index in [2.05, 4.69) is 10.1 Å². The number of halogens is 1. The standard InChI is InChI=1S/C5H5N3OPS.ClH/c1-4-6-5-8(7-4)2-3-11(5)10-9;/h2-3H,1H3;1H/q-1;. The Balaban J connectivity index is 0.000000720. The largest absolute Gasteiger partial charge is 1.00 e. The third-order valence-electron chi connectivity index (χ3n) is 1.36. The van der Waals surface area contributed by atoms with Crippen molar-refractivity contribution in [3.05, 3.63) is 11.2 Å². The molecule has 0 saturated heterocycles. The first-order chi connectivity index (χ1) is 5.31. The SMILES string of the molecule is Cc1nc2[n+]([nH]1)C=C[S-]2#P=O.[Cl-]. The third kappa shape index (κ3) is 1.44. The van der Waals surface area contributed by atoms with Crippen molar-refractivity contribution in [2.24, 2.45) is 0 Å². The van der Waals surface area contributed by atoms with E-state index in [0.29, 0.717) is 0 Å². The van der Waals surface area contributed by atoms with Gasteiger partial charge in [-0.1, -0.05) is 0 Å². The molecular formula is C5H6ClN3OPS-. The number of rotatable bonds is 0. The van der Waals surface area contributed by atoms with Crippen LogP contribution < -0.4 is 17.1 Å². The summed E-state index contributed by atoms with van der Waals surface area (Å²) in [5, 5.41) is 5.73. The molecule has 0 bridgehead atoms. The first kappa shape index (κ1) is 9.84. The predicted octanol–water partition coefficient (Wildman–Crippen LogP) is -2.36. The molecule has 0 saturated carbocycles. The average molecular weight is 223 g/mol. The average Bonchev–Trinajstić information content (AvgIpc) is 2.45. The molecule has 0 amide bonds. The van der Waals surface area contributed by atoms with Crippen LogP contribution in [0.4, 0.5) is 0 Å². The number of hydrogen-bond donors (Lipinski definition) is 1. The number of aromatic nitrogens is 3. The van der Waals surface area contributed by atoms with E-state index in [1.807, 2.05) is 18.5 Å². The van der Waals surface area contributed by atoms with Crippen LogP contribution in [0.15, 0.2) is 10.6 Å². The molecule has 4 nitrogen and oxygen atoms in total. The van der Waals surface area contributed by atoms with Crippen LogP contribution in [0.25, 0.3) is 6.20 Å². The first-order valence-electron chi connectivity index (χ1n) is 3.04. The van der Waals surface area contributed by atoms with Crippen molar-refractivity contribution in [1.29, 1.82) is 0 Å². The van der Waals surface area contributed by atoms with Crippen molar-refractivity contribution < 1.29 is 21.7 Å². The molecule has 66 valence electrons. The minimum Gasteiger partial charge on any atom is -1.00 e. The van der Waals surface area contributed by atoms with Crippen LogP contribution in [0.3, 0.4) is 0 Å². The van der Waals surface area contributed by atoms with Gasteiger partial charge in [0.15, 0.2) is 0 Å². The summed E-state index contributed by atoms with van der Waals surface area (Å²) >= 11 is 0. The summed E-state index contributed by atoms with van der Waals surface area (Å²) in [7, 11) is -0.204. The smallest absolute Gasteiger partial charge is 1.00 e. The summed E-state index contributed by atoms with van der Waals surface area (Å²) < 4.78 is 12.4. The normalized spacial score (nSPS) is 14.1. The van der Waals surface area contributed by atoms with E-state index < -0.39 is 0 Å². The van der Waals surface area contributed by atoms with E-state index in [-0.39, 0.29) is 29.3 Å². The molecule has 0 fully saturated rings. The second kappa shape index (κ2) is 3.64. The van der Waals surface area contributed by atoms with Gasteiger partial charge >= 0.3 is 65.7 Å². The van der Waals surface area contributed by atoms with Gasteiger partial charge in [-0.2, -0.15) is 0 Å². The maximum Gasteiger partial charge on any atom is -1.00 e. The molecule has 1 aliphatic rings. The number of hydrogen-bond acceptors (Lipinski definition) is 3. The number of aromatic amines is 1. The maximum atomic E-state index is 10.6. The van der Waals surface area contributed by atoms with Gasteiger partial charge in [0.2, 0.25) is 0 Å². The minimum absolute atomic E-state index is 0. The maximum absolute atomic E-state index is 10.6. The van der Waals surface area contributed by atoms with Gasteiger partial charge in [0.1, 0.15) is 0 Å². The molecule has 1 aromatic heterocycles. The molecule has 12 heavy (non-hydrogen) atoms. The Morgan fingerprint density at radius 1 is 1.75 bits per heavy atom. The van der Waals surface area contributed by atoms with Gasteiger partial charge in [-0.3, -0.25) is 0 Å². The van der Waals surface area contributed by atoms with E-state index in [4.69, 9.17) is 0 Å². The van der Waals surface area contributed by atoms with Crippen LogP contribution >= 0.6 is 7.03 Å². The molecule has 1 aromatic rings. The number of aryl methyl sites for hydroxylation is 1. The van der Waals surface area contributed by atoms with E-state index in [9.17, 15) is 4.57 Å². The fourth-order valence-electron chi connectivity index (χ4n) is 0.931. The van der Waals surface area contributed by atoms with Crippen molar-refractivity contribution in [2.45, 2.75) is 12.1 Å². The fraction of sp³-hybridized carbons (Fsp3) is 0.200. The van der Waals surface area contributed by atoms with Crippen LogP contribution in [0.1, 0.15) is 5.82 Å². The quantitative estimate of drug-likeness (QED) is 0.303.